The molecule has 1 aromatic rings. The molecule has 0 radical (unpaired) electrons. The highest BCUT2D eigenvalue weighted by Crippen LogP contribution is 2.62. The van der Waals surface area contributed by atoms with E-state index in [9.17, 15) is 10.4 Å². The molecule has 2 bridgehead atoms. The lowest BCUT2D eigenvalue weighted by molar-refractivity contribution is -0.0389. The first-order valence-corrected chi connectivity index (χ1v) is 8.80. The molecular formula is C19H20N2O4. The molecule has 1 spiro atoms. The molecule has 5 rings (SSSR count). The molecule has 2 N–H and O–H groups in total. The summed E-state index contributed by atoms with van der Waals surface area (Å²) >= 11 is 0. The number of likely N-dealkylation sites (tertiary alicyclic amines) is 1. The summed E-state index contributed by atoms with van der Waals surface area (Å²) in [6.07, 6.45) is 6.79. The normalized spacial score (nSPS) is 36.4. The number of nitriles is 1. The largest absolute Gasteiger partial charge is 0.487 e. The standard InChI is InChI=1S/C19H20N2O4/c20-10-21-6-5-19-12-2-3-14(23)18(19)25-17-15(24-8-7-22)4-1-11(16(17)19)9-13(12)21/h1-4,12-14,18,22-23H,5-9H2/t12-,13+,14-,18-,19-/m0/s1. The second-order valence-corrected chi connectivity index (χ2v) is 7.29. The number of ether oxygens (including phenoxy) is 2. The molecule has 0 amide bonds. The fraction of sp³-hybridized carbons (Fsp3) is 0.526. The van der Waals surface area contributed by atoms with E-state index in [1.165, 1.54) is 5.56 Å². The van der Waals surface area contributed by atoms with Gasteiger partial charge in [-0.2, -0.15) is 5.26 Å². The van der Waals surface area contributed by atoms with E-state index in [4.69, 9.17) is 14.6 Å². The Morgan fingerprint density at radius 3 is 3.08 bits per heavy atom. The molecule has 0 unspecified atom stereocenters. The highest BCUT2D eigenvalue weighted by Gasteiger charge is 2.64. The number of rotatable bonds is 3. The summed E-state index contributed by atoms with van der Waals surface area (Å²) in [4.78, 5) is 1.88. The predicted molar refractivity (Wildman–Crippen MR) is 88.2 cm³/mol. The zero-order valence-corrected chi connectivity index (χ0v) is 13.8. The van der Waals surface area contributed by atoms with E-state index >= 15 is 0 Å². The summed E-state index contributed by atoms with van der Waals surface area (Å²) in [7, 11) is 0. The second-order valence-electron chi connectivity index (χ2n) is 7.29. The van der Waals surface area contributed by atoms with Crippen LogP contribution in [0.2, 0.25) is 0 Å². The Hall–Kier alpha value is -2.23. The smallest absolute Gasteiger partial charge is 0.179 e. The SMILES string of the molecule is N#CN1CC[C@]23c4c5ccc(OCCO)c4O[C@H]2[C@@H](O)C=C[C@H]3[C@H]1C5. The van der Waals surface area contributed by atoms with Crippen LogP contribution < -0.4 is 9.47 Å². The van der Waals surface area contributed by atoms with Gasteiger partial charge in [0.05, 0.1) is 12.6 Å². The molecule has 4 aliphatic rings. The molecule has 6 nitrogen and oxygen atoms in total. The minimum Gasteiger partial charge on any atom is -0.487 e. The number of nitrogens with zero attached hydrogens (tertiary/aromatic N) is 2. The number of hydrogen-bond acceptors (Lipinski definition) is 6. The molecule has 0 saturated carbocycles. The van der Waals surface area contributed by atoms with Gasteiger partial charge >= 0.3 is 0 Å². The van der Waals surface area contributed by atoms with Crippen molar-refractivity contribution in [3.05, 3.63) is 35.4 Å². The summed E-state index contributed by atoms with van der Waals surface area (Å²) in [5.74, 6) is 1.49. The molecule has 6 heteroatoms. The first-order valence-electron chi connectivity index (χ1n) is 8.80. The molecule has 25 heavy (non-hydrogen) atoms. The van der Waals surface area contributed by atoms with Gasteiger partial charge in [-0.15, -0.1) is 0 Å². The van der Waals surface area contributed by atoms with Gasteiger partial charge in [0, 0.05) is 23.4 Å². The van der Waals surface area contributed by atoms with Crippen molar-refractivity contribution in [2.24, 2.45) is 5.92 Å². The fourth-order valence-corrected chi connectivity index (χ4v) is 5.44. The first-order chi connectivity index (χ1) is 12.2. The first kappa shape index (κ1) is 15.1. The van der Waals surface area contributed by atoms with Crippen molar-refractivity contribution in [1.29, 1.82) is 5.26 Å². The molecular weight excluding hydrogens is 320 g/mol. The zero-order valence-electron chi connectivity index (χ0n) is 13.8. The van der Waals surface area contributed by atoms with Crippen molar-refractivity contribution in [3.8, 4) is 17.7 Å². The van der Waals surface area contributed by atoms with Gasteiger partial charge in [0.2, 0.25) is 0 Å². The number of piperidine rings is 1. The Bertz CT molecular complexity index is 801. The Morgan fingerprint density at radius 1 is 1.40 bits per heavy atom. The average molecular weight is 340 g/mol. The van der Waals surface area contributed by atoms with Crippen LogP contribution in [0.3, 0.4) is 0 Å². The van der Waals surface area contributed by atoms with Crippen molar-refractivity contribution in [1.82, 2.24) is 4.90 Å². The van der Waals surface area contributed by atoms with Crippen molar-refractivity contribution in [2.45, 2.75) is 36.5 Å². The van der Waals surface area contributed by atoms with Gasteiger partial charge in [0.15, 0.2) is 17.7 Å². The van der Waals surface area contributed by atoms with E-state index in [2.05, 4.69) is 12.3 Å². The summed E-state index contributed by atoms with van der Waals surface area (Å²) in [5, 5.41) is 29.2. The van der Waals surface area contributed by atoms with Crippen LogP contribution in [0, 0.1) is 17.4 Å². The predicted octanol–water partition coefficient (Wildman–Crippen LogP) is 0.715. The third-order valence-electron chi connectivity index (χ3n) is 6.33. The molecule has 2 heterocycles. The van der Waals surface area contributed by atoms with Crippen LogP contribution in [-0.4, -0.2) is 53.1 Å². The minimum atomic E-state index is -0.672. The summed E-state index contributed by atoms with van der Waals surface area (Å²) in [6, 6.07) is 4.04. The molecule has 2 aliphatic heterocycles. The molecule has 1 aromatic carbocycles. The Kier molecular flexibility index (Phi) is 3.09. The average Bonchev–Trinajstić information content (AvgIpc) is 2.97. The molecule has 130 valence electrons. The molecule has 2 aliphatic carbocycles. The molecule has 0 aromatic heterocycles. The lowest BCUT2D eigenvalue weighted by atomic mass is 9.53. The molecule has 1 fully saturated rings. The van der Waals surface area contributed by atoms with E-state index in [-0.39, 0.29) is 36.7 Å². The van der Waals surface area contributed by atoms with E-state index in [0.717, 1.165) is 18.4 Å². The third kappa shape index (κ3) is 1.75. The van der Waals surface area contributed by atoms with E-state index in [1.807, 2.05) is 23.1 Å². The lowest BCUT2D eigenvalue weighted by Gasteiger charge is -2.55. The highest BCUT2D eigenvalue weighted by molar-refractivity contribution is 5.62. The van der Waals surface area contributed by atoms with Crippen LogP contribution in [0.25, 0.3) is 0 Å². The molecule has 1 saturated heterocycles. The van der Waals surface area contributed by atoms with Crippen LogP contribution in [-0.2, 0) is 11.8 Å². The van der Waals surface area contributed by atoms with Crippen molar-refractivity contribution in [2.75, 3.05) is 19.8 Å². The van der Waals surface area contributed by atoms with E-state index in [1.54, 1.807) is 0 Å². The van der Waals surface area contributed by atoms with Crippen molar-refractivity contribution < 1.29 is 19.7 Å². The number of aliphatic hydroxyl groups excluding tert-OH is 2. The van der Waals surface area contributed by atoms with Gasteiger partial charge in [0.1, 0.15) is 18.8 Å². The van der Waals surface area contributed by atoms with Gasteiger partial charge in [-0.1, -0.05) is 18.2 Å². The van der Waals surface area contributed by atoms with Crippen LogP contribution in [0.1, 0.15) is 17.5 Å². The Morgan fingerprint density at radius 2 is 2.28 bits per heavy atom. The second kappa shape index (κ2) is 5.13. The topological polar surface area (TPSA) is 86.0 Å². The maximum absolute atomic E-state index is 10.6. The highest BCUT2D eigenvalue weighted by atomic mass is 16.5. The van der Waals surface area contributed by atoms with Crippen LogP contribution in [0.5, 0.6) is 11.5 Å². The monoisotopic (exact) mass is 340 g/mol. The van der Waals surface area contributed by atoms with Gasteiger partial charge in [-0.05, 0) is 24.5 Å². The van der Waals surface area contributed by atoms with E-state index in [0.29, 0.717) is 18.0 Å². The van der Waals surface area contributed by atoms with Gasteiger partial charge in [0.25, 0.3) is 0 Å². The van der Waals surface area contributed by atoms with Crippen molar-refractivity contribution in [3.63, 3.8) is 0 Å². The minimum absolute atomic E-state index is 0.0584. The maximum Gasteiger partial charge on any atom is 0.179 e. The summed E-state index contributed by atoms with van der Waals surface area (Å²) < 4.78 is 12.0. The molecule has 5 atom stereocenters. The van der Waals surface area contributed by atoms with Crippen LogP contribution >= 0.6 is 0 Å². The quantitative estimate of drug-likeness (QED) is 0.623. The summed E-state index contributed by atoms with van der Waals surface area (Å²) in [5.41, 5.74) is 2.03. The number of hydrogen-bond donors (Lipinski definition) is 2. The van der Waals surface area contributed by atoms with Crippen molar-refractivity contribution >= 4 is 0 Å². The number of benzene rings is 1. The maximum atomic E-state index is 10.6. The van der Waals surface area contributed by atoms with Gasteiger partial charge in [-0.3, -0.25) is 0 Å². The van der Waals surface area contributed by atoms with Crippen LogP contribution in [0.15, 0.2) is 24.3 Å². The van der Waals surface area contributed by atoms with Gasteiger partial charge < -0.3 is 24.6 Å². The Balaban J connectivity index is 1.72. The number of aliphatic hydroxyl groups is 2. The van der Waals surface area contributed by atoms with E-state index < -0.39 is 6.10 Å². The van der Waals surface area contributed by atoms with Gasteiger partial charge in [-0.25, -0.2) is 0 Å². The van der Waals surface area contributed by atoms with Crippen LogP contribution in [0.4, 0.5) is 0 Å². The zero-order chi connectivity index (χ0) is 17.2. The summed E-state index contributed by atoms with van der Waals surface area (Å²) in [6.45, 7) is 0.831. The Labute approximate surface area is 145 Å². The lowest BCUT2D eigenvalue weighted by Crippen LogP contribution is -2.64. The third-order valence-corrected chi connectivity index (χ3v) is 6.33. The fourth-order valence-electron chi connectivity index (χ4n) is 5.44.